The maximum absolute atomic E-state index is 6.01. The Morgan fingerprint density at radius 1 is 1.20 bits per heavy atom. The molecule has 0 radical (unpaired) electrons. The molecule has 1 aromatic rings. The molecule has 0 amide bonds. The number of hydrogen-bond donors (Lipinski definition) is 1. The molecule has 1 fully saturated rings. The predicted molar refractivity (Wildman–Crippen MR) is 86.8 cm³/mol. The van der Waals surface area contributed by atoms with Crippen LogP contribution in [0.5, 0.6) is 0 Å². The first-order valence-electron chi connectivity index (χ1n) is 8.26. The Kier molecular flexibility index (Phi) is 6.06. The molecular weight excluding hydrogens is 244 g/mol. The zero-order valence-electron chi connectivity index (χ0n) is 13.1. The minimum Gasteiger partial charge on any atom is -0.330 e. The highest BCUT2D eigenvalue weighted by molar-refractivity contribution is 5.15. The van der Waals surface area contributed by atoms with Crippen LogP contribution in [0.15, 0.2) is 30.3 Å². The smallest absolute Gasteiger partial charge is 0.0138 e. The molecule has 0 saturated heterocycles. The van der Waals surface area contributed by atoms with Crippen LogP contribution in [-0.4, -0.2) is 30.1 Å². The van der Waals surface area contributed by atoms with Gasteiger partial charge in [-0.05, 0) is 50.8 Å². The highest BCUT2D eigenvalue weighted by Gasteiger charge is 2.30. The van der Waals surface area contributed by atoms with Crippen molar-refractivity contribution in [1.82, 2.24) is 4.90 Å². The normalized spacial score (nSPS) is 24.8. The van der Waals surface area contributed by atoms with E-state index in [-0.39, 0.29) is 0 Å². The number of nitrogens with two attached hydrogens (primary N) is 1. The molecule has 0 aliphatic heterocycles. The van der Waals surface area contributed by atoms with Crippen molar-refractivity contribution in [1.29, 1.82) is 0 Å². The maximum Gasteiger partial charge on any atom is 0.0138 e. The van der Waals surface area contributed by atoms with Gasteiger partial charge in [-0.3, -0.25) is 4.90 Å². The molecule has 3 unspecified atom stereocenters. The van der Waals surface area contributed by atoms with Crippen molar-refractivity contribution in [3.8, 4) is 0 Å². The minimum absolute atomic E-state index is 0.597. The van der Waals surface area contributed by atoms with Crippen molar-refractivity contribution in [2.45, 2.75) is 58.0 Å². The second-order valence-corrected chi connectivity index (χ2v) is 6.22. The molecule has 0 heterocycles. The van der Waals surface area contributed by atoms with Gasteiger partial charge in [0.1, 0.15) is 0 Å². The van der Waals surface area contributed by atoms with Gasteiger partial charge in [-0.25, -0.2) is 0 Å². The molecule has 3 atom stereocenters. The number of benzene rings is 1. The molecule has 0 aromatic heterocycles. The van der Waals surface area contributed by atoms with Gasteiger partial charge in [0.2, 0.25) is 0 Å². The summed E-state index contributed by atoms with van der Waals surface area (Å²) in [5.74, 6) is 0.696. The largest absolute Gasteiger partial charge is 0.330 e. The van der Waals surface area contributed by atoms with Crippen LogP contribution in [0, 0.1) is 5.92 Å². The van der Waals surface area contributed by atoms with Crippen LogP contribution in [0.25, 0.3) is 0 Å². The Morgan fingerprint density at radius 3 is 2.55 bits per heavy atom. The first kappa shape index (κ1) is 15.5. The summed E-state index contributed by atoms with van der Waals surface area (Å²) in [7, 11) is 0. The molecule has 112 valence electrons. The van der Waals surface area contributed by atoms with Gasteiger partial charge in [0.15, 0.2) is 0 Å². The van der Waals surface area contributed by atoms with E-state index in [9.17, 15) is 0 Å². The van der Waals surface area contributed by atoms with Crippen LogP contribution >= 0.6 is 0 Å². The van der Waals surface area contributed by atoms with Crippen molar-refractivity contribution < 1.29 is 0 Å². The summed E-state index contributed by atoms with van der Waals surface area (Å²) in [4.78, 5) is 2.70. The van der Waals surface area contributed by atoms with Gasteiger partial charge in [0.25, 0.3) is 0 Å². The van der Waals surface area contributed by atoms with Gasteiger partial charge < -0.3 is 5.73 Å². The monoisotopic (exact) mass is 274 g/mol. The molecule has 2 N–H and O–H groups in total. The van der Waals surface area contributed by atoms with Crippen LogP contribution in [-0.2, 0) is 6.42 Å². The summed E-state index contributed by atoms with van der Waals surface area (Å²) in [6.45, 7) is 6.65. The number of nitrogens with zero attached hydrogens (tertiary/aromatic N) is 1. The van der Waals surface area contributed by atoms with Crippen LogP contribution in [0.2, 0.25) is 0 Å². The van der Waals surface area contributed by atoms with Crippen molar-refractivity contribution in [3.05, 3.63) is 35.9 Å². The predicted octanol–water partition coefficient (Wildman–Crippen LogP) is 3.46. The Labute approximate surface area is 124 Å². The summed E-state index contributed by atoms with van der Waals surface area (Å²) in [5.41, 5.74) is 7.46. The third kappa shape index (κ3) is 3.83. The van der Waals surface area contributed by atoms with Crippen molar-refractivity contribution in [3.63, 3.8) is 0 Å². The lowest BCUT2D eigenvalue weighted by molar-refractivity contribution is 0.0772. The second kappa shape index (κ2) is 7.80. The minimum atomic E-state index is 0.597. The molecule has 2 nitrogen and oxygen atoms in total. The van der Waals surface area contributed by atoms with E-state index in [2.05, 4.69) is 49.1 Å². The quantitative estimate of drug-likeness (QED) is 0.861. The Bertz CT molecular complexity index is 376. The lowest BCUT2D eigenvalue weighted by atomic mass is 9.82. The fourth-order valence-corrected chi connectivity index (χ4v) is 3.85. The fraction of sp³-hybridized carbons (Fsp3) is 0.667. The van der Waals surface area contributed by atoms with E-state index in [0.29, 0.717) is 18.0 Å². The molecule has 20 heavy (non-hydrogen) atoms. The number of hydrogen-bond acceptors (Lipinski definition) is 2. The SMILES string of the molecule is CCN(C(C)Cc1ccccc1)C1CCCCC1CN. The molecule has 0 bridgehead atoms. The van der Waals surface area contributed by atoms with E-state index >= 15 is 0 Å². The highest BCUT2D eigenvalue weighted by Crippen LogP contribution is 2.29. The number of rotatable bonds is 6. The van der Waals surface area contributed by atoms with Crippen molar-refractivity contribution in [2.75, 3.05) is 13.1 Å². The van der Waals surface area contributed by atoms with E-state index in [0.717, 1.165) is 19.5 Å². The third-order valence-electron chi connectivity index (χ3n) is 4.90. The summed E-state index contributed by atoms with van der Waals surface area (Å²) in [6, 6.07) is 12.1. The Balaban J connectivity index is 2.02. The van der Waals surface area contributed by atoms with E-state index in [1.54, 1.807) is 0 Å². The van der Waals surface area contributed by atoms with Crippen LogP contribution in [0.1, 0.15) is 45.1 Å². The van der Waals surface area contributed by atoms with E-state index in [1.807, 2.05) is 0 Å². The third-order valence-corrected chi connectivity index (χ3v) is 4.90. The van der Waals surface area contributed by atoms with E-state index in [1.165, 1.54) is 31.2 Å². The first-order valence-corrected chi connectivity index (χ1v) is 8.26. The van der Waals surface area contributed by atoms with Crippen LogP contribution in [0.4, 0.5) is 0 Å². The van der Waals surface area contributed by atoms with E-state index < -0.39 is 0 Å². The molecule has 0 spiro atoms. The van der Waals surface area contributed by atoms with Crippen molar-refractivity contribution >= 4 is 0 Å². The average molecular weight is 274 g/mol. The van der Waals surface area contributed by atoms with E-state index in [4.69, 9.17) is 5.73 Å². The van der Waals surface area contributed by atoms with Gasteiger partial charge in [-0.2, -0.15) is 0 Å². The molecule has 1 aliphatic carbocycles. The van der Waals surface area contributed by atoms with Gasteiger partial charge in [-0.15, -0.1) is 0 Å². The number of likely N-dealkylation sites (N-methyl/N-ethyl adjacent to an activating group) is 1. The summed E-state index contributed by atoms with van der Waals surface area (Å²) in [6.07, 6.45) is 6.52. The molecule has 1 saturated carbocycles. The maximum atomic E-state index is 6.01. The Morgan fingerprint density at radius 2 is 1.90 bits per heavy atom. The zero-order chi connectivity index (χ0) is 14.4. The highest BCUT2D eigenvalue weighted by atomic mass is 15.2. The van der Waals surface area contributed by atoms with Crippen LogP contribution in [0.3, 0.4) is 0 Å². The first-order chi connectivity index (χ1) is 9.76. The van der Waals surface area contributed by atoms with Gasteiger partial charge in [0, 0.05) is 12.1 Å². The zero-order valence-corrected chi connectivity index (χ0v) is 13.1. The molecule has 1 aromatic carbocycles. The Hall–Kier alpha value is -0.860. The fourth-order valence-electron chi connectivity index (χ4n) is 3.85. The molecule has 1 aliphatic rings. The van der Waals surface area contributed by atoms with Crippen molar-refractivity contribution in [2.24, 2.45) is 11.7 Å². The average Bonchev–Trinajstić information content (AvgIpc) is 2.49. The van der Waals surface area contributed by atoms with Gasteiger partial charge in [0.05, 0.1) is 0 Å². The molecule has 2 rings (SSSR count). The lowest BCUT2D eigenvalue weighted by Crippen LogP contribution is -2.49. The second-order valence-electron chi connectivity index (χ2n) is 6.22. The standard InChI is InChI=1S/C18H30N2/c1-3-20(18-12-8-7-11-17(18)14-19)15(2)13-16-9-5-4-6-10-16/h4-6,9-10,15,17-18H,3,7-8,11-14,19H2,1-2H3. The summed E-state index contributed by atoms with van der Waals surface area (Å²) >= 11 is 0. The lowest BCUT2D eigenvalue weighted by Gasteiger charge is -2.42. The topological polar surface area (TPSA) is 29.3 Å². The summed E-state index contributed by atoms with van der Waals surface area (Å²) < 4.78 is 0. The molecular formula is C18H30N2. The summed E-state index contributed by atoms with van der Waals surface area (Å²) in [5, 5.41) is 0. The molecule has 2 heteroatoms. The van der Waals surface area contributed by atoms with Gasteiger partial charge >= 0.3 is 0 Å². The van der Waals surface area contributed by atoms with Crippen LogP contribution < -0.4 is 5.73 Å². The van der Waals surface area contributed by atoms with Gasteiger partial charge in [-0.1, -0.05) is 50.1 Å².